The van der Waals surface area contributed by atoms with Gasteiger partial charge in [-0.2, -0.15) is 0 Å². The second kappa shape index (κ2) is 6.22. The number of amides is 1. The van der Waals surface area contributed by atoms with Crippen LogP contribution in [-0.2, 0) is 9.53 Å². The van der Waals surface area contributed by atoms with Crippen molar-refractivity contribution in [2.45, 2.75) is 26.8 Å². The summed E-state index contributed by atoms with van der Waals surface area (Å²) in [5.41, 5.74) is 7.22. The van der Waals surface area contributed by atoms with E-state index in [1.807, 2.05) is 20.8 Å². The summed E-state index contributed by atoms with van der Waals surface area (Å²) in [4.78, 5) is 23.1. The summed E-state index contributed by atoms with van der Waals surface area (Å²) in [5.74, 6) is -0.879. The first-order valence-electron chi connectivity index (χ1n) is 6.11. The Balaban J connectivity index is 3.11. The number of primary amides is 1. The Labute approximate surface area is 113 Å². The lowest BCUT2D eigenvalue weighted by Gasteiger charge is -2.22. The molecule has 1 aromatic rings. The molecule has 0 fully saturated rings. The van der Waals surface area contributed by atoms with Gasteiger partial charge in [-0.15, -0.1) is 0 Å². The largest absolute Gasteiger partial charge is 0.467 e. The van der Waals surface area contributed by atoms with Crippen molar-refractivity contribution >= 4 is 17.6 Å². The van der Waals surface area contributed by atoms with Crippen LogP contribution in [0.4, 0.5) is 5.69 Å². The van der Waals surface area contributed by atoms with Crippen molar-refractivity contribution in [3.8, 4) is 0 Å². The van der Waals surface area contributed by atoms with Gasteiger partial charge >= 0.3 is 5.97 Å². The molecule has 0 saturated heterocycles. The van der Waals surface area contributed by atoms with E-state index >= 15 is 0 Å². The quantitative estimate of drug-likeness (QED) is 0.793. The van der Waals surface area contributed by atoms with E-state index in [1.165, 1.54) is 7.11 Å². The lowest BCUT2D eigenvalue weighted by molar-refractivity contribution is -0.142. The van der Waals surface area contributed by atoms with E-state index in [1.54, 1.807) is 18.2 Å². The van der Waals surface area contributed by atoms with Crippen LogP contribution in [0.3, 0.4) is 0 Å². The van der Waals surface area contributed by atoms with E-state index in [0.29, 0.717) is 11.3 Å². The van der Waals surface area contributed by atoms with Gasteiger partial charge in [-0.3, -0.25) is 4.79 Å². The van der Waals surface area contributed by atoms with E-state index in [-0.39, 0.29) is 11.9 Å². The van der Waals surface area contributed by atoms with Crippen molar-refractivity contribution in [2.75, 3.05) is 12.4 Å². The van der Waals surface area contributed by atoms with Gasteiger partial charge < -0.3 is 15.8 Å². The summed E-state index contributed by atoms with van der Waals surface area (Å²) in [6.45, 7) is 5.70. The summed E-state index contributed by atoms with van der Waals surface area (Å²) >= 11 is 0. The first-order valence-corrected chi connectivity index (χ1v) is 6.11. The molecule has 0 aliphatic carbocycles. The van der Waals surface area contributed by atoms with Gasteiger partial charge in [0, 0.05) is 5.69 Å². The smallest absolute Gasteiger partial charge is 0.328 e. The van der Waals surface area contributed by atoms with Crippen LogP contribution in [0.1, 0.15) is 29.8 Å². The fourth-order valence-corrected chi connectivity index (χ4v) is 1.78. The second-order valence-electron chi connectivity index (χ2n) is 4.80. The number of ether oxygens (including phenoxy) is 1. The van der Waals surface area contributed by atoms with Gasteiger partial charge in [-0.1, -0.05) is 19.9 Å². The Morgan fingerprint density at radius 2 is 1.95 bits per heavy atom. The highest BCUT2D eigenvalue weighted by Gasteiger charge is 2.24. The maximum Gasteiger partial charge on any atom is 0.328 e. The summed E-state index contributed by atoms with van der Waals surface area (Å²) in [6, 6.07) is 4.71. The summed E-state index contributed by atoms with van der Waals surface area (Å²) < 4.78 is 4.76. The van der Waals surface area contributed by atoms with Gasteiger partial charge in [0.05, 0.1) is 12.7 Å². The molecule has 1 rings (SSSR count). The van der Waals surface area contributed by atoms with Crippen molar-refractivity contribution in [1.82, 2.24) is 0 Å². The van der Waals surface area contributed by atoms with Gasteiger partial charge in [0.15, 0.2) is 0 Å². The zero-order chi connectivity index (χ0) is 14.6. The van der Waals surface area contributed by atoms with Gasteiger partial charge in [0.25, 0.3) is 5.91 Å². The minimum Gasteiger partial charge on any atom is -0.467 e. The van der Waals surface area contributed by atoms with Gasteiger partial charge in [-0.05, 0) is 30.5 Å². The number of anilines is 1. The van der Waals surface area contributed by atoms with Crippen LogP contribution in [0.25, 0.3) is 0 Å². The van der Waals surface area contributed by atoms with Crippen LogP contribution in [0.15, 0.2) is 18.2 Å². The monoisotopic (exact) mass is 264 g/mol. The van der Waals surface area contributed by atoms with E-state index in [0.717, 1.165) is 5.56 Å². The zero-order valence-electron chi connectivity index (χ0n) is 11.7. The van der Waals surface area contributed by atoms with E-state index < -0.39 is 11.9 Å². The predicted octanol–water partition coefficient (Wildman–Crippen LogP) is 1.70. The molecule has 1 aromatic carbocycles. The molecule has 3 N–H and O–H groups in total. The third-order valence-corrected chi connectivity index (χ3v) is 2.87. The number of rotatable bonds is 5. The summed E-state index contributed by atoms with van der Waals surface area (Å²) in [6.07, 6.45) is 0. The number of esters is 1. The number of benzene rings is 1. The molecule has 0 saturated carbocycles. The van der Waals surface area contributed by atoms with Crippen LogP contribution < -0.4 is 11.1 Å². The summed E-state index contributed by atoms with van der Waals surface area (Å²) in [5, 5.41) is 3.04. The van der Waals surface area contributed by atoms with Crippen molar-refractivity contribution in [1.29, 1.82) is 0 Å². The Morgan fingerprint density at radius 3 is 2.42 bits per heavy atom. The molecule has 0 spiro atoms. The topological polar surface area (TPSA) is 81.4 Å². The molecular weight excluding hydrogens is 244 g/mol. The van der Waals surface area contributed by atoms with Crippen molar-refractivity contribution in [3.05, 3.63) is 29.3 Å². The average molecular weight is 264 g/mol. The van der Waals surface area contributed by atoms with Crippen LogP contribution >= 0.6 is 0 Å². The lowest BCUT2D eigenvalue weighted by Crippen LogP contribution is -2.36. The molecule has 5 nitrogen and oxygen atoms in total. The fraction of sp³-hybridized carbons (Fsp3) is 0.429. The number of carbonyl (C=O) groups is 2. The van der Waals surface area contributed by atoms with Crippen LogP contribution in [0.2, 0.25) is 0 Å². The van der Waals surface area contributed by atoms with E-state index in [4.69, 9.17) is 10.5 Å². The molecule has 1 unspecified atom stereocenters. The summed E-state index contributed by atoms with van der Waals surface area (Å²) in [7, 11) is 1.34. The first kappa shape index (κ1) is 15.0. The highest BCUT2D eigenvalue weighted by atomic mass is 16.5. The van der Waals surface area contributed by atoms with E-state index in [9.17, 15) is 9.59 Å². The minimum absolute atomic E-state index is 0.0219. The third kappa shape index (κ3) is 3.71. The Kier molecular flexibility index (Phi) is 4.92. The number of hydrogen-bond donors (Lipinski definition) is 2. The van der Waals surface area contributed by atoms with Gasteiger partial charge in [0.2, 0.25) is 0 Å². The molecule has 1 amide bonds. The second-order valence-corrected chi connectivity index (χ2v) is 4.80. The number of methoxy groups -OCH3 is 1. The fourth-order valence-electron chi connectivity index (χ4n) is 1.78. The molecule has 0 aromatic heterocycles. The molecule has 19 heavy (non-hydrogen) atoms. The highest BCUT2D eigenvalue weighted by molar-refractivity contribution is 5.99. The van der Waals surface area contributed by atoms with E-state index in [2.05, 4.69) is 5.32 Å². The SMILES string of the molecule is COC(=O)C(Nc1cc(C)ccc1C(N)=O)C(C)C. The molecule has 0 aliphatic rings. The number of aryl methyl sites for hydroxylation is 1. The number of carbonyl (C=O) groups excluding carboxylic acids is 2. The van der Waals surface area contributed by atoms with Crippen molar-refractivity contribution in [3.63, 3.8) is 0 Å². The lowest BCUT2D eigenvalue weighted by atomic mass is 10.0. The molecule has 0 radical (unpaired) electrons. The molecule has 5 heteroatoms. The molecule has 0 heterocycles. The minimum atomic E-state index is -0.533. The first-order chi connectivity index (χ1) is 8.86. The molecule has 0 aliphatic heterocycles. The standard InChI is InChI=1S/C14H20N2O3/c1-8(2)12(14(18)19-4)16-11-7-9(3)5-6-10(11)13(15)17/h5-8,12,16H,1-4H3,(H2,15,17). The normalized spacial score (nSPS) is 12.1. The maximum atomic E-state index is 11.7. The van der Waals surface area contributed by atoms with Gasteiger partial charge in [-0.25, -0.2) is 4.79 Å². The molecule has 1 atom stereocenters. The van der Waals surface area contributed by atoms with Crippen LogP contribution in [0.5, 0.6) is 0 Å². The molecule has 0 bridgehead atoms. The number of nitrogens with one attached hydrogen (secondary N) is 1. The highest BCUT2D eigenvalue weighted by Crippen LogP contribution is 2.20. The Hall–Kier alpha value is -2.04. The Bertz CT molecular complexity index is 484. The third-order valence-electron chi connectivity index (χ3n) is 2.87. The zero-order valence-corrected chi connectivity index (χ0v) is 11.7. The number of nitrogens with two attached hydrogens (primary N) is 1. The predicted molar refractivity (Wildman–Crippen MR) is 74.0 cm³/mol. The van der Waals surface area contributed by atoms with Gasteiger partial charge in [0.1, 0.15) is 6.04 Å². The molecular formula is C14H20N2O3. The van der Waals surface area contributed by atoms with Crippen LogP contribution in [-0.4, -0.2) is 25.0 Å². The van der Waals surface area contributed by atoms with Crippen molar-refractivity contribution in [2.24, 2.45) is 11.7 Å². The maximum absolute atomic E-state index is 11.7. The molecule has 104 valence electrons. The van der Waals surface area contributed by atoms with Crippen molar-refractivity contribution < 1.29 is 14.3 Å². The Morgan fingerprint density at radius 1 is 1.32 bits per heavy atom. The number of hydrogen-bond acceptors (Lipinski definition) is 4. The van der Waals surface area contributed by atoms with Crippen LogP contribution in [0, 0.1) is 12.8 Å². The average Bonchev–Trinajstić information content (AvgIpc) is 2.34.